The predicted octanol–water partition coefficient (Wildman–Crippen LogP) is 4.34. The van der Waals surface area contributed by atoms with Crippen molar-refractivity contribution in [3.05, 3.63) is 59.8 Å². The Balaban J connectivity index is 2.70. The summed E-state index contributed by atoms with van der Waals surface area (Å²) < 4.78 is 0. The molecule has 0 aromatic heterocycles. The summed E-state index contributed by atoms with van der Waals surface area (Å²) in [5.74, 6) is 0. The summed E-state index contributed by atoms with van der Waals surface area (Å²) in [6, 6.07) is 0. The first-order chi connectivity index (χ1) is 6.74. The zero-order valence-electron chi connectivity index (χ0n) is 9.09. The van der Waals surface area contributed by atoms with Crippen LogP contribution in [0.3, 0.4) is 0 Å². The first-order valence-electron chi connectivity index (χ1n) is 5.06. The summed E-state index contributed by atoms with van der Waals surface area (Å²) in [5.41, 5.74) is 4.28. The Morgan fingerprint density at radius 3 is 2.64 bits per heavy atom. The standard InChI is InChI=1S/C14H18/c1-4-5-6-7-13(3)14-10-8-12(2)9-11-14/h4-8,10H,1,9,11H2,2-3H3/b6-5-,13-7+. The van der Waals surface area contributed by atoms with Gasteiger partial charge in [0.1, 0.15) is 0 Å². The molecule has 0 aliphatic heterocycles. The zero-order valence-corrected chi connectivity index (χ0v) is 9.09. The van der Waals surface area contributed by atoms with E-state index in [1.165, 1.54) is 29.6 Å². The maximum Gasteiger partial charge on any atom is -0.0239 e. The van der Waals surface area contributed by atoms with Gasteiger partial charge in [-0.25, -0.2) is 0 Å². The quantitative estimate of drug-likeness (QED) is 0.575. The predicted molar refractivity (Wildman–Crippen MR) is 64.2 cm³/mol. The Labute approximate surface area is 87.0 Å². The fourth-order valence-corrected chi connectivity index (χ4v) is 1.46. The normalized spacial score (nSPS) is 18.0. The van der Waals surface area contributed by atoms with Crippen LogP contribution in [0.25, 0.3) is 0 Å². The second-order valence-electron chi connectivity index (χ2n) is 3.68. The third kappa shape index (κ3) is 3.21. The third-order valence-corrected chi connectivity index (χ3v) is 2.46. The summed E-state index contributed by atoms with van der Waals surface area (Å²) in [4.78, 5) is 0. The molecule has 14 heavy (non-hydrogen) atoms. The van der Waals surface area contributed by atoms with Crippen molar-refractivity contribution in [3.8, 4) is 0 Å². The Bertz CT molecular complexity index is 322. The second-order valence-corrected chi connectivity index (χ2v) is 3.68. The van der Waals surface area contributed by atoms with E-state index in [2.05, 4.69) is 38.7 Å². The van der Waals surface area contributed by atoms with Crippen molar-refractivity contribution in [3.63, 3.8) is 0 Å². The van der Waals surface area contributed by atoms with E-state index in [1.54, 1.807) is 6.08 Å². The van der Waals surface area contributed by atoms with Gasteiger partial charge in [-0.1, -0.05) is 48.6 Å². The van der Waals surface area contributed by atoms with Gasteiger partial charge in [-0.05, 0) is 37.8 Å². The molecule has 0 saturated carbocycles. The molecule has 0 aromatic rings. The molecule has 1 aliphatic rings. The van der Waals surface area contributed by atoms with Gasteiger partial charge in [0.2, 0.25) is 0 Å². The van der Waals surface area contributed by atoms with Crippen LogP contribution >= 0.6 is 0 Å². The van der Waals surface area contributed by atoms with Gasteiger partial charge in [-0.15, -0.1) is 0 Å². The molecule has 0 N–H and O–H groups in total. The van der Waals surface area contributed by atoms with Crippen molar-refractivity contribution in [2.24, 2.45) is 0 Å². The van der Waals surface area contributed by atoms with Crippen LogP contribution < -0.4 is 0 Å². The molecular formula is C14H18. The fourth-order valence-electron chi connectivity index (χ4n) is 1.46. The highest BCUT2D eigenvalue weighted by molar-refractivity contribution is 5.38. The van der Waals surface area contributed by atoms with E-state index in [-0.39, 0.29) is 0 Å². The Hall–Kier alpha value is -1.30. The summed E-state index contributed by atoms with van der Waals surface area (Å²) >= 11 is 0. The van der Waals surface area contributed by atoms with Gasteiger partial charge in [-0.2, -0.15) is 0 Å². The van der Waals surface area contributed by atoms with Gasteiger partial charge in [0.25, 0.3) is 0 Å². The first-order valence-corrected chi connectivity index (χ1v) is 5.06. The van der Waals surface area contributed by atoms with Crippen LogP contribution in [0.5, 0.6) is 0 Å². The largest absolute Gasteiger partial charge is 0.0991 e. The maximum absolute atomic E-state index is 3.64. The van der Waals surface area contributed by atoms with E-state index in [0.717, 1.165) is 0 Å². The molecule has 0 nitrogen and oxygen atoms in total. The molecule has 0 bridgehead atoms. The molecule has 0 amide bonds. The molecule has 1 rings (SSSR count). The third-order valence-electron chi connectivity index (χ3n) is 2.46. The second kappa shape index (κ2) is 5.43. The van der Waals surface area contributed by atoms with E-state index in [4.69, 9.17) is 0 Å². The number of hydrogen-bond acceptors (Lipinski definition) is 0. The summed E-state index contributed by atoms with van der Waals surface area (Å²) in [6.07, 6.45) is 14.7. The Kier molecular flexibility index (Phi) is 4.18. The van der Waals surface area contributed by atoms with E-state index in [0.29, 0.717) is 0 Å². The number of allylic oxidation sites excluding steroid dienone is 9. The maximum atomic E-state index is 3.64. The fraction of sp³-hybridized carbons (Fsp3) is 0.286. The van der Waals surface area contributed by atoms with Crippen LogP contribution in [0, 0.1) is 0 Å². The lowest BCUT2D eigenvalue weighted by molar-refractivity contribution is 0.912. The van der Waals surface area contributed by atoms with E-state index >= 15 is 0 Å². The average Bonchev–Trinajstić information content (AvgIpc) is 2.19. The smallest absolute Gasteiger partial charge is 0.0239 e. The monoisotopic (exact) mass is 186 g/mol. The van der Waals surface area contributed by atoms with Crippen LogP contribution in [0.4, 0.5) is 0 Å². The van der Waals surface area contributed by atoms with Crippen molar-refractivity contribution in [2.45, 2.75) is 26.7 Å². The van der Waals surface area contributed by atoms with Gasteiger partial charge in [-0.3, -0.25) is 0 Å². The highest BCUT2D eigenvalue weighted by Crippen LogP contribution is 2.23. The molecular weight excluding hydrogens is 168 g/mol. The van der Waals surface area contributed by atoms with Crippen molar-refractivity contribution in [1.82, 2.24) is 0 Å². The molecule has 0 saturated heterocycles. The Morgan fingerprint density at radius 1 is 1.29 bits per heavy atom. The van der Waals surface area contributed by atoms with E-state index < -0.39 is 0 Å². The topological polar surface area (TPSA) is 0 Å². The average molecular weight is 186 g/mol. The lowest BCUT2D eigenvalue weighted by Gasteiger charge is -2.11. The molecule has 0 unspecified atom stereocenters. The first kappa shape index (κ1) is 10.8. The van der Waals surface area contributed by atoms with Crippen LogP contribution in [-0.4, -0.2) is 0 Å². The van der Waals surface area contributed by atoms with Gasteiger partial charge in [0.05, 0.1) is 0 Å². The van der Waals surface area contributed by atoms with E-state index in [1.807, 2.05) is 12.2 Å². The molecule has 0 heteroatoms. The van der Waals surface area contributed by atoms with Crippen LogP contribution in [0.2, 0.25) is 0 Å². The summed E-state index contributed by atoms with van der Waals surface area (Å²) in [5, 5.41) is 0. The van der Waals surface area contributed by atoms with Gasteiger partial charge in [0.15, 0.2) is 0 Å². The minimum atomic E-state index is 1.17. The van der Waals surface area contributed by atoms with E-state index in [9.17, 15) is 0 Å². The number of hydrogen-bond donors (Lipinski definition) is 0. The van der Waals surface area contributed by atoms with Gasteiger partial charge >= 0.3 is 0 Å². The molecule has 0 heterocycles. The SMILES string of the molecule is C=C/C=C\C=C(/C)C1=CC=C(C)CC1. The van der Waals surface area contributed by atoms with Crippen molar-refractivity contribution >= 4 is 0 Å². The van der Waals surface area contributed by atoms with Crippen LogP contribution in [0.15, 0.2) is 59.8 Å². The molecule has 0 fully saturated rings. The molecule has 0 aromatic carbocycles. The van der Waals surface area contributed by atoms with Gasteiger partial charge in [0, 0.05) is 0 Å². The van der Waals surface area contributed by atoms with Gasteiger partial charge < -0.3 is 0 Å². The lowest BCUT2D eigenvalue weighted by Crippen LogP contribution is -1.92. The molecule has 74 valence electrons. The van der Waals surface area contributed by atoms with Crippen molar-refractivity contribution < 1.29 is 0 Å². The van der Waals surface area contributed by atoms with Crippen LogP contribution in [0.1, 0.15) is 26.7 Å². The minimum Gasteiger partial charge on any atom is -0.0991 e. The van der Waals surface area contributed by atoms with Crippen molar-refractivity contribution in [1.29, 1.82) is 0 Å². The Morgan fingerprint density at radius 2 is 2.07 bits per heavy atom. The number of rotatable bonds is 3. The molecule has 0 spiro atoms. The van der Waals surface area contributed by atoms with Crippen LogP contribution in [-0.2, 0) is 0 Å². The highest BCUT2D eigenvalue weighted by atomic mass is 14.1. The molecule has 1 aliphatic carbocycles. The molecule has 0 radical (unpaired) electrons. The summed E-state index contributed by atoms with van der Waals surface area (Å²) in [7, 11) is 0. The highest BCUT2D eigenvalue weighted by Gasteiger charge is 2.03. The van der Waals surface area contributed by atoms with Crippen molar-refractivity contribution in [2.75, 3.05) is 0 Å². The lowest BCUT2D eigenvalue weighted by atomic mass is 9.94. The zero-order chi connectivity index (χ0) is 10.4. The minimum absolute atomic E-state index is 1.17. The summed E-state index contributed by atoms with van der Waals surface area (Å²) in [6.45, 7) is 7.98. The molecule has 0 atom stereocenters.